The Bertz CT molecular complexity index is 1060. The van der Waals surface area contributed by atoms with Crippen molar-refractivity contribution in [1.82, 2.24) is 14.8 Å². The molecule has 0 aliphatic rings. The zero-order chi connectivity index (χ0) is 22.2. The van der Waals surface area contributed by atoms with E-state index in [0.29, 0.717) is 29.0 Å². The van der Waals surface area contributed by atoms with Crippen LogP contribution in [0, 0.1) is 5.82 Å². The Morgan fingerprint density at radius 1 is 1.26 bits per heavy atom. The van der Waals surface area contributed by atoms with Gasteiger partial charge in [-0.05, 0) is 31.2 Å². The van der Waals surface area contributed by atoms with Crippen LogP contribution in [0.25, 0.3) is 0 Å². The highest BCUT2D eigenvalue weighted by atomic mass is 32.2. The summed E-state index contributed by atoms with van der Waals surface area (Å²) in [5.74, 6) is 1.15. The first-order valence-corrected chi connectivity index (χ1v) is 10.5. The minimum Gasteiger partial charge on any atom is -0.497 e. The van der Waals surface area contributed by atoms with Gasteiger partial charge in [0.25, 0.3) is 0 Å². The van der Waals surface area contributed by atoms with Gasteiger partial charge in [-0.3, -0.25) is 9.36 Å². The minimum absolute atomic E-state index is 0.0503. The monoisotopic (exact) mass is 442 g/mol. The van der Waals surface area contributed by atoms with Gasteiger partial charge in [0.15, 0.2) is 17.1 Å². The maximum atomic E-state index is 13.7. The van der Waals surface area contributed by atoms with Crippen LogP contribution in [-0.2, 0) is 11.3 Å². The van der Waals surface area contributed by atoms with Crippen molar-refractivity contribution in [1.29, 1.82) is 0 Å². The van der Waals surface area contributed by atoms with Crippen molar-refractivity contribution >= 4 is 23.4 Å². The van der Waals surface area contributed by atoms with Crippen molar-refractivity contribution in [3.63, 3.8) is 0 Å². The SMILES string of the molecule is C=CCn1c(SCC(=O)Nc2ccccc2F)nnc1C(C)Oc1cccc(OC)c1. The van der Waals surface area contributed by atoms with E-state index < -0.39 is 11.9 Å². The van der Waals surface area contributed by atoms with Crippen LogP contribution in [0.15, 0.2) is 66.3 Å². The number of hydrogen-bond acceptors (Lipinski definition) is 6. The summed E-state index contributed by atoms with van der Waals surface area (Å²) in [6.45, 7) is 6.09. The number of aromatic nitrogens is 3. The van der Waals surface area contributed by atoms with Crippen LogP contribution in [0.5, 0.6) is 11.5 Å². The lowest BCUT2D eigenvalue weighted by Crippen LogP contribution is -2.16. The van der Waals surface area contributed by atoms with Gasteiger partial charge in [-0.1, -0.05) is 36.0 Å². The fourth-order valence-corrected chi connectivity index (χ4v) is 3.57. The number of hydrogen-bond donors (Lipinski definition) is 1. The molecule has 0 saturated heterocycles. The Morgan fingerprint density at radius 2 is 2.03 bits per heavy atom. The van der Waals surface area contributed by atoms with E-state index in [1.807, 2.05) is 29.7 Å². The molecule has 1 aromatic heterocycles. The number of carbonyl (C=O) groups is 1. The van der Waals surface area contributed by atoms with Gasteiger partial charge in [0.1, 0.15) is 17.3 Å². The van der Waals surface area contributed by atoms with Crippen LogP contribution in [-0.4, -0.2) is 33.5 Å². The third-order valence-electron chi connectivity index (χ3n) is 4.26. The van der Waals surface area contributed by atoms with Gasteiger partial charge in [0.2, 0.25) is 5.91 Å². The summed E-state index contributed by atoms with van der Waals surface area (Å²) in [5, 5.41) is 11.5. The largest absolute Gasteiger partial charge is 0.497 e. The van der Waals surface area contributed by atoms with Crippen LogP contribution >= 0.6 is 11.8 Å². The topological polar surface area (TPSA) is 78.3 Å². The van der Waals surface area contributed by atoms with E-state index in [-0.39, 0.29) is 17.3 Å². The van der Waals surface area contributed by atoms with Crippen LogP contribution in [0.2, 0.25) is 0 Å². The summed E-state index contributed by atoms with van der Waals surface area (Å²) < 4.78 is 26.8. The summed E-state index contributed by atoms with van der Waals surface area (Å²) in [6.07, 6.45) is 1.32. The predicted octanol–water partition coefficient (Wildman–Crippen LogP) is 4.48. The Labute approximate surface area is 184 Å². The Hall–Kier alpha value is -3.33. The molecule has 0 saturated carbocycles. The van der Waals surface area contributed by atoms with Crippen molar-refractivity contribution in [3.05, 3.63) is 72.8 Å². The van der Waals surface area contributed by atoms with Gasteiger partial charge < -0.3 is 14.8 Å². The molecule has 7 nitrogen and oxygen atoms in total. The molecule has 0 fully saturated rings. The first-order valence-electron chi connectivity index (χ1n) is 9.53. The second-order valence-corrected chi connectivity index (χ2v) is 7.44. The van der Waals surface area contributed by atoms with Crippen molar-refractivity contribution in [2.24, 2.45) is 0 Å². The number of amides is 1. The van der Waals surface area contributed by atoms with Gasteiger partial charge in [0.05, 0.1) is 18.6 Å². The zero-order valence-corrected chi connectivity index (χ0v) is 18.1. The minimum atomic E-state index is -0.485. The molecule has 1 heterocycles. The fourth-order valence-electron chi connectivity index (χ4n) is 2.82. The highest BCUT2D eigenvalue weighted by Crippen LogP contribution is 2.27. The van der Waals surface area contributed by atoms with Gasteiger partial charge in [0, 0.05) is 12.6 Å². The molecule has 3 aromatic rings. The van der Waals surface area contributed by atoms with E-state index in [2.05, 4.69) is 22.1 Å². The average Bonchev–Trinajstić information content (AvgIpc) is 3.17. The number of carbonyl (C=O) groups excluding carboxylic acids is 1. The maximum Gasteiger partial charge on any atom is 0.234 e. The number of benzene rings is 2. The number of nitrogens with one attached hydrogen (secondary N) is 1. The number of rotatable bonds is 10. The number of allylic oxidation sites excluding steroid dienone is 1. The summed E-state index contributed by atoms with van der Waals surface area (Å²) >= 11 is 1.20. The summed E-state index contributed by atoms with van der Waals surface area (Å²) in [7, 11) is 1.59. The van der Waals surface area contributed by atoms with E-state index in [1.54, 1.807) is 31.4 Å². The van der Waals surface area contributed by atoms with E-state index in [1.165, 1.54) is 23.9 Å². The molecule has 0 aliphatic carbocycles. The second kappa shape index (κ2) is 10.6. The van der Waals surface area contributed by atoms with Gasteiger partial charge in [-0.15, -0.1) is 16.8 Å². The van der Waals surface area contributed by atoms with Gasteiger partial charge in [-0.25, -0.2) is 4.39 Å². The van der Waals surface area contributed by atoms with E-state index >= 15 is 0 Å². The average molecular weight is 443 g/mol. The molecular weight excluding hydrogens is 419 g/mol. The Balaban J connectivity index is 1.68. The van der Waals surface area contributed by atoms with Gasteiger partial charge >= 0.3 is 0 Å². The highest BCUT2D eigenvalue weighted by molar-refractivity contribution is 7.99. The van der Waals surface area contributed by atoms with E-state index in [0.717, 1.165) is 0 Å². The van der Waals surface area contributed by atoms with Crippen molar-refractivity contribution in [3.8, 4) is 11.5 Å². The van der Waals surface area contributed by atoms with E-state index in [9.17, 15) is 9.18 Å². The second-order valence-electron chi connectivity index (χ2n) is 6.50. The number of nitrogens with zero attached hydrogens (tertiary/aromatic N) is 3. The Morgan fingerprint density at radius 3 is 2.77 bits per heavy atom. The molecule has 3 rings (SSSR count). The maximum absolute atomic E-state index is 13.7. The highest BCUT2D eigenvalue weighted by Gasteiger charge is 2.20. The number of para-hydroxylation sites is 1. The first kappa shape index (κ1) is 22.4. The number of ether oxygens (including phenoxy) is 2. The fraction of sp³-hybridized carbons (Fsp3) is 0.227. The summed E-state index contributed by atoms with van der Waals surface area (Å²) in [5.41, 5.74) is 0.140. The smallest absolute Gasteiger partial charge is 0.234 e. The molecule has 162 valence electrons. The quantitative estimate of drug-likeness (QED) is 0.368. The van der Waals surface area contributed by atoms with Crippen molar-refractivity contribution in [2.75, 3.05) is 18.2 Å². The molecule has 9 heteroatoms. The lowest BCUT2D eigenvalue weighted by atomic mass is 10.3. The normalized spacial score (nSPS) is 11.6. The van der Waals surface area contributed by atoms with Crippen molar-refractivity contribution < 1.29 is 18.7 Å². The molecular formula is C22H23FN4O3S. The number of thioether (sulfide) groups is 1. The molecule has 1 N–H and O–H groups in total. The van der Waals surface area contributed by atoms with Gasteiger partial charge in [-0.2, -0.15) is 0 Å². The molecule has 0 bridgehead atoms. The molecule has 1 unspecified atom stereocenters. The number of methoxy groups -OCH3 is 1. The molecule has 0 aliphatic heterocycles. The molecule has 0 radical (unpaired) electrons. The molecule has 1 amide bonds. The molecule has 1 atom stereocenters. The molecule has 2 aromatic carbocycles. The number of anilines is 1. The number of halogens is 1. The zero-order valence-electron chi connectivity index (χ0n) is 17.2. The van der Waals surface area contributed by atoms with Crippen molar-refractivity contribution in [2.45, 2.75) is 24.7 Å². The molecule has 31 heavy (non-hydrogen) atoms. The lowest BCUT2D eigenvalue weighted by Gasteiger charge is -2.16. The van der Waals surface area contributed by atoms with Crippen LogP contribution in [0.1, 0.15) is 18.9 Å². The third kappa shape index (κ3) is 5.85. The third-order valence-corrected chi connectivity index (χ3v) is 5.22. The summed E-state index contributed by atoms with van der Waals surface area (Å²) in [6, 6.07) is 13.3. The van der Waals surface area contributed by atoms with Crippen LogP contribution < -0.4 is 14.8 Å². The summed E-state index contributed by atoms with van der Waals surface area (Å²) in [4.78, 5) is 12.2. The lowest BCUT2D eigenvalue weighted by molar-refractivity contribution is -0.113. The van der Waals surface area contributed by atoms with Crippen LogP contribution in [0.4, 0.5) is 10.1 Å². The standard InChI is InChI=1S/C22H23FN4O3S/c1-4-12-27-21(15(2)30-17-9-7-8-16(13-17)29-3)25-26-22(27)31-14-20(28)24-19-11-6-5-10-18(19)23/h4-11,13,15H,1,12,14H2,2-3H3,(H,24,28). The van der Waals surface area contributed by atoms with Crippen LogP contribution in [0.3, 0.4) is 0 Å². The molecule has 0 spiro atoms. The predicted molar refractivity (Wildman–Crippen MR) is 118 cm³/mol. The van der Waals surface area contributed by atoms with E-state index in [4.69, 9.17) is 9.47 Å². The first-order chi connectivity index (χ1) is 15.0. The Kier molecular flexibility index (Phi) is 7.66.